The first-order chi connectivity index (χ1) is 20.3. The number of alkyl halides is 3. The first-order valence-electron chi connectivity index (χ1n) is 13.7. The Morgan fingerprint density at radius 3 is 2.70 bits per heavy atom. The van der Waals surface area contributed by atoms with Crippen molar-refractivity contribution in [2.24, 2.45) is 5.73 Å². The van der Waals surface area contributed by atoms with Crippen molar-refractivity contribution < 1.29 is 31.5 Å². The zero-order valence-corrected chi connectivity index (χ0v) is 25.2. The fourth-order valence-electron chi connectivity index (χ4n) is 5.67. The molecule has 5 atom stereocenters. The van der Waals surface area contributed by atoms with Crippen molar-refractivity contribution >= 4 is 45.3 Å². The molecule has 0 radical (unpaired) electrons. The lowest BCUT2D eigenvalue weighted by Crippen LogP contribution is -2.55. The molecule has 2 aromatic carbocycles. The first-order valence-corrected chi connectivity index (χ1v) is 16.6. The minimum atomic E-state index is -4.66. The van der Waals surface area contributed by atoms with Crippen molar-refractivity contribution in [3.63, 3.8) is 0 Å². The number of piperazine rings is 1. The van der Waals surface area contributed by atoms with E-state index < -0.39 is 45.6 Å². The number of hydrogen-bond acceptors (Lipinski definition) is 8. The molecular formula is C28H32ClF4N5O3S2. The van der Waals surface area contributed by atoms with Gasteiger partial charge in [0.2, 0.25) is 5.91 Å². The number of benzene rings is 2. The van der Waals surface area contributed by atoms with Gasteiger partial charge < -0.3 is 16.4 Å². The summed E-state index contributed by atoms with van der Waals surface area (Å²) in [6.07, 6.45) is -2.55. The molecule has 0 aliphatic carbocycles. The van der Waals surface area contributed by atoms with Crippen LogP contribution in [0.5, 0.6) is 0 Å². The molecule has 2 aliphatic heterocycles. The number of thiazole rings is 1. The number of halogens is 5. The van der Waals surface area contributed by atoms with Crippen LogP contribution in [0.4, 0.5) is 23.2 Å². The van der Waals surface area contributed by atoms with Gasteiger partial charge in [0.1, 0.15) is 5.82 Å². The van der Waals surface area contributed by atoms with Gasteiger partial charge in [0.25, 0.3) is 0 Å². The highest BCUT2D eigenvalue weighted by atomic mass is 35.5. The molecule has 8 nitrogen and oxygen atoms in total. The van der Waals surface area contributed by atoms with Crippen molar-refractivity contribution in [2.75, 3.05) is 24.2 Å². The lowest BCUT2D eigenvalue weighted by atomic mass is 9.88. The Morgan fingerprint density at radius 2 is 2.00 bits per heavy atom. The second kappa shape index (κ2) is 13.0. The van der Waals surface area contributed by atoms with Gasteiger partial charge in [-0.2, -0.15) is 13.2 Å². The minimum absolute atomic E-state index is 0.0266. The van der Waals surface area contributed by atoms with Crippen LogP contribution in [0, 0.1) is 5.82 Å². The van der Waals surface area contributed by atoms with Gasteiger partial charge in [0.15, 0.2) is 5.01 Å². The van der Waals surface area contributed by atoms with Crippen molar-refractivity contribution in [1.29, 1.82) is 0 Å². The molecule has 234 valence electrons. The summed E-state index contributed by atoms with van der Waals surface area (Å²) in [6.45, 7) is 0.999. The number of anilines is 1. The van der Waals surface area contributed by atoms with Gasteiger partial charge >= 0.3 is 6.18 Å². The van der Waals surface area contributed by atoms with Gasteiger partial charge in [-0.3, -0.25) is 13.9 Å². The molecule has 6 N–H and O–H groups in total. The molecule has 1 amide bonds. The van der Waals surface area contributed by atoms with Crippen LogP contribution in [0.2, 0.25) is 5.02 Å². The first kappa shape index (κ1) is 32.1. The summed E-state index contributed by atoms with van der Waals surface area (Å²) >= 11 is 6.41. The number of nitrogens with zero attached hydrogens (tertiary/aromatic N) is 2. The fraction of sp³-hybridized carbons (Fsp3) is 0.429. The van der Waals surface area contributed by atoms with E-state index in [0.29, 0.717) is 53.6 Å². The zero-order valence-electron chi connectivity index (χ0n) is 22.9. The maximum Gasteiger partial charge on any atom is 0.443 e. The highest BCUT2D eigenvalue weighted by Gasteiger charge is 2.39. The predicted octanol–water partition coefficient (Wildman–Crippen LogP) is 6.09. The van der Waals surface area contributed by atoms with E-state index in [4.69, 9.17) is 17.3 Å². The van der Waals surface area contributed by atoms with Crippen molar-refractivity contribution in [3.8, 4) is 0 Å². The third-order valence-corrected chi connectivity index (χ3v) is 11.1. The number of aromatic nitrogens is 1. The van der Waals surface area contributed by atoms with Gasteiger partial charge in [-0.1, -0.05) is 29.8 Å². The van der Waals surface area contributed by atoms with Gasteiger partial charge in [0.05, 0.1) is 23.4 Å². The summed E-state index contributed by atoms with van der Waals surface area (Å²) in [5, 5.41) is 6.66. The smallest absolute Gasteiger partial charge is 0.324 e. The highest BCUT2D eigenvalue weighted by molar-refractivity contribution is 8.22. The second-order valence-corrected chi connectivity index (χ2v) is 14.2. The Hall–Kier alpha value is -2.30. The summed E-state index contributed by atoms with van der Waals surface area (Å²) in [7, 11) is -2.94. The topological polar surface area (TPSA) is 124 Å². The van der Waals surface area contributed by atoms with Gasteiger partial charge in [0, 0.05) is 46.8 Å². The molecule has 1 aromatic heterocycles. The number of amides is 1. The second-order valence-electron chi connectivity index (χ2n) is 10.8. The van der Waals surface area contributed by atoms with E-state index in [1.54, 1.807) is 16.4 Å². The van der Waals surface area contributed by atoms with E-state index in [1.165, 1.54) is 35.7 Å². The van der Waals surface area contributed by atoms with Crippen LogP contribution in [0.15, 0.2) is 47.8 Å². The molecule has 2 aliphatic rings. The van der Waals surface area contributed by atoms with E-state index in [2.05, 4.69) is 15.6 Å². The van der Waals surface area contributed by atoms with Crippen LogP contribution < -0.4 is 16.4 Å². The maximum absolute atomic E-state index is 15.1. The largest absolute Gasteiger partial charge is 0.443 e. The Bertz CT molecular complexity index is 1440. The molecule has 3 aromatic rings. The van der Waals surface area contributed by atoms with Crippen molar-refractivity contribution in [2.45, 2.75) is 55.9 Å². The van der Waals surface area contributed by atoms with Crippen LogP contribution in [-0.2, 0) is 17.4 Å². The third-order valence-electron chi connectivity index (χ3n) is 7.87. The number of fused-ring (bicyclic) bond motifs is 2. The molecule has 2 bridgehead atoms. The van der Waals surface area contributed by atoms with E-state index in [-0.39, 0.29) is 35.4 Å². The van der Waals surface area contributed by atoms with Gasteiger partial charge in [-0.15, -0.1) is 22.1 Å². The van der Waals surface area contributed by atoms with Gasteiger partial charge in [-0.25, -0.2) is 13.7 Å². The molecule has 0 saturated carbocycles. The van der Waals surface area contributed by atoms with E-state index in [1.807, 2.05) is 0 Å². The number of carbonyl (C=O) groups excluding carboxylic acids is 1. The number of rotatable bonds is 8. The fourth-order valence-corrected chi connectivity index (χ4v) is 8.39. The average molecular weight is 662 g/mol. The van der Waals surface area contributed by atoms with Crippen LogP contribution >= 0.6 is 33.7 Å². The Morgan fingerprint density at radius 1 is 1.26 bits per heavy atom. The lowest BCUT2D eigenvalue weighted by molar-refractivity contribution is -0.137. The Balaban J connectivity index is 1.36. The molecule has 0 spiro atoms. The quantitative estimate of drug-likeness (QED) is 0.185. The Labute approximate surface area is 257 Å². The average Bonchev–Trinajstić information content (AvgIpc) is 3.41. The molecule has 43 heavy (non-hydrogen) atoms. The number of hydrogen-bond donors (Lipinski definition) is 5. The predicted molar refractivity (Wildman–Crippen MR) is 161 cm³/mol. The zero-order chi connectivity index (χ0) is 30.9. The van der Waals surface area contributed by atoms with Crippen LogP contribution in [0.25, 0.3) is 0 Å². The summed E-state index contributed by atoms with van der Waals surface area (Å²) in [6, 6.07) is 8.96. The van der Waals surface area contributed by atoms with Crippen LogP contribution in [0.1, 0.15) is 47.0 Å². The standard InChI is InChI=1S/C28H32ClF4N5O3S2/c29-17-8-6-16(7-9-17)24(23-15-42-27(37-23)28(31,32)33)25(34)26(39)36-22-5-1-4-21(30)20(22)11-10-19-13-35-18-3-2-12-43(40,41)38(19)14-18/h1,4-9,15,18-19,24-25,35,40-41H,2-3,10-14,34H2,(H,36,39)/t18-,19+,24+,25+/m1/s1. The van der Waals surface area contributed by atoms with Crippen LogP contribution in [0.3, 0.4) is 0 Å². The van der Waals surface area contributed by atoms with E-state index in [0.717, 1.165) is 6.42 Å². The summed E-state index contributed by atoms with van der Waals surface area (Å²) in [4.78, 5) is 17.2. The minimum Gasteiger partial charge on any atom is -0.324 e. The van der Waals surface area contributed by atoms with E-state index >= 15 is 4.39 Å². The number of nitrogens with two attached hydrogens (primary N) is 1. The molecule has 15 heteroatoms. The highest BCUT2D eigenvalue weighted by Crippen LogP contribution is 2.49. The van der Waals surface area contributed by atoms with Crippen molar-refractivity contribution in [1.82, 2.24) is 14.6 Å². The summed E-state index contributed by atoms with van der Waals surface area (Å²) in [5.41, 5.74) is 7.18. The SMILES string of the molecule is N[C@H](C(=O)Nc1cccc(F)c1CC[C@H]1CN[C@@H]2CCCS(O)(O)N1C2)[C@@H](c1ccc(Cl)cc1)c1csc(C(F)(F)F)n1. The third kappa shape index (κ3) is 7.34. The maximum atomic E-state index is 15.1. The van der Waals surface area contributed by atoms with Gasteiger partial charge in [-0.05, 0) is 55.5 Å². The molecule has 2 fully saturated rings. The monoisotopic (exact) mass is 661 g/mol. The summed E-state index contributed by atoms with van der Waals surface area (Å²) < 4.78 is 78.4. The van der Waals surface area contributed by atoms with Crippen LogP contribution in [-0.4, -0.2) is 61.3 Å². The molecular weight excluding hydrogens is 630 g/mol. The number of carbonyl (C=O) groups is 1. The molecule has 5 rings (SSSR count). The lowest BCUT2D eigenvalue weighted by Gasteiger charge is -2.49. The molecule has 2 saturated heterocycles. The summed E-state index contributed by atoms with van der Waals surface area (Å²) in [5.74, 6) is -2.05. The normalized spacial score (nSPS) is 24.0. The van der Waals surface area contributed by atoms with Crippen molar-refractivity contribution in [3.05, 3.63) is 80.5 Å². The van der Waals surface area contributed by atoms with E-state index in [9.17, 15) is 27.1 Å². The number of nitrogens with one attached hydrogen (secondary N) is 2. The Kier molecular flexibility index (Phi) is 9.69. The molecule has 1 unspecified atom stereocenters. The molecule has 3 heterocycles.